The molecule has 4 aliphatic carbocycles. The Bertz CT molecular complexity index is 609. The first kappa shape index (κ1) is 20.7. The van der Waals surface area contributed by atoms with Crippen molar-refractivity contribution in [1.29, 1.82) is 0 Å². The predicted molar refractivity (Wildman–Crippen MR) is 110 cm³/mol. The molecule has 0 aromatic heterocycles. The van der Waals surface area contributed by atoms with E-state index in [1.807, 2.05) is 0 Å². The van der Waals surface area contributed by atoms with Gasteiger partial charge in [0.1, 0.15) is 0 Å². The van der Waals surface area contributed by atoms with Gasteiger partial charge in [-0.1, -0.05) is 20.8 Å². The van der Waals surface area contributed by atoms with Gasteiger partial charge < -0.3 is 15.9 Å². The Balaban J connectivity index is 1.55. The van der Waals surface area contributed by atoms with Crippen LogP contribution in [-0.4, -0.2) is 28.3 Å². The number of aliphatic hydroxyl groups excluding tert-OH is 2. The molecule has 0 unspecified atom stereocenters. The monoisotopic (exact) mass is 391 g/mol. The number of hydrogen-bond acceptors (Lipinski definition) is 3. The summed E-state index contributed by atoms with van der Waals surface area (Å²) in [6.45, 7) is 7.26. The summed E-state index contributed by atoms with van der Waals surface area (Å²) in [5.74, 6) is 3.08. The third kappa shape index (κ3) is 3.14. The number of nitrogens with two attached hydrogens (primary N) is 1. The van der Waals surface area contributed by atoms with Crippen molar-refractivity contribution in [2.75, 3.05) is 0 Å². The highest BCUT2D eigenvalue weighted by Gasteiger charge is 2.62. The Morgan fingerprint density at radius 2 is 1.71 bits per heavy atom. The Kier molecular flexibility index (Phi) is 5.36. The van der Waals surface area contributed by atoms with Crippen LogP contribution >= 0.6 is 0 Å². The quantitative estimate of drug-likeness (QED) is 0.680. The average Bonchev–Trinajstić information content (AvgIpc) is 2.98. The fraction of sp³-hybridized carbons (Fsp3) is 0.958. The molecule has 4 saturated carbocycles. The van der Waals surface area contributed by atoms with Gasteiger partial charge in [-0.2, -0.15) is 0 Å². The van der Waals surface area contributed by atoms with Gasteiger partial charge in [0.25, 0.3) is 0 Å². The summed E-state index contributed by atoms with van der Waals surface area (Å²) in [5, 5.41) is 21.5. The summed E-state index contributed by atoms with van der Waals surface area (Å²) in [6, 6.07) is 0. The van der Waals surface area contributed by atoms with Crippen molar-refractivity contribution in [3.8, 4) is 0 Å². The highest BCUT2D eigenvalue weighted by Crippen LogP contribution is 2.68. The molecule has 0 aliphatic heterocycles. The van der Waals surface area contributed by atoms with Crippen LogP contribution in [0, 0.1) is 46.3 Å². The van der Waals surface area contributed by atoms with E-state index >= 15 is 0 Å². The second-order valence-electron chi connectivity index (χ2n) is 11.4. The lowest BCUT2D eigenvalue weighted by Crippen LogP contribution is -2.58. The number of amides is 1. The maximum atomic E-state index is 11.3. The van der Waals surface area contributed by atoms with E-state index in [-0.39, 0.29) is 23.5 Å². The van der Waals surface area contributed by atoms with Gasteiger partial charge in [-0.3, -0.25) is 4.79 Å². The highest BCUT2D eigenvalue weighted by atomic mass is 16.3. The molecule has 4 aliphatic rings. The number of carbonyl (C=O) groups excluding carboxylic acids is 1. The second-order valence-corrected chi connectivity index (χ2v) is 11.4. The molecule has 0 bridgehead atoms. The number of carbonyl (C=O) groups is 1. The van der Waals surface area contributed by atoms with Gasteiger partial charge in [-0.25, -0.2) is 0 Å². The van der Waals surface area contributed by atoms with Crippen molar-refractivity contribution >= 4 is 5.91 Å². The van der Waals surface area contributed by atoms with Crippen molar-refractivity contribution in [1.82, 2.24) is 0 Å². The fourth-order valence-corrected chi connectivity index (χ4v) is 8.75. The predicted octanol–water partition coefficient (Wildman–Crippen LogP) is 3.88. The van der Waals surface area contributed by atoms with Crippen LogP contribution in [0.15, 0.2) is 0 Å². The molecule has 4 rings (SSSR count). The minimum Gasteiger partial charge on any atom is -0.393 e. The van der Waals surface area contributed by atoms with Crippen LogP contribution in [0.1, 0.15) is 85.0 Å². The molecule has 0 heterocycles. The minimum absolute atomic E-state index is 0.169. The van der Waals surface area contributed by atoms with Crippen molar-refractivity contribution in [2.45, 2.75) is 97.2 Å². The molecule has 160 valence electrons. The molecule has 0 radical (unpaired) electrons. The third-order valence-electron chi connectivity index (χ3n) is 10.3. The smallest absolute Gasteiger partial charge is 0.217 e. The first-order chi connectivity index (χ1) is 13.2. The van der Waals surface area contributed by atoms with Gasteiger partial charge in [-0.15, -0.1) is 0 Å². The largest absolute Gasteiger partial charge is 0.393 e. The first-order valence-electron chi connectivity index (χ1n) is 11.8. The normalized spacial score (nSPS) is 51.7. The van der Waals surface area contributed by atoms with E-state index in [4.69, 9.17) is 5.73 Å². The summed E-state index contributed by atoms with van der Waals surface area (Å²) in [6.07, 6.45) is 9.75. The molecule has 4 fully saturated rings. The molecule has 0 aromatic rings. The lowest BCUT2D eigenvalue weighted by Gasteiger charge is -2.62. The minimum atomic E-state index is -0.210. The zero-order chi connectivity index (χ0) is 20.3. The molecule has 4 heteroatoms. The van der Waals surface area contributed by atoms with Gasteiger partial charge in [0.2, 0.25) is 5.91 Å². The average molecular weight is 392 g/mol. The van der Waals surface area contributed by atoms with Gasteiger partial charge in [0.05, 0.1) is 12.2 Å². The van der Waals surface area contributed by atoms with Crippen LogP contribution in [0.5, 0.6) is 0 Å². The molecule has 0 spiro atoms. The summed E-state index contributed by atoms with van der Waals surface area (Å²) in [5.41, 5.74) is 5.99. The summed E-state index contributed by atoms with van der Waals surface area (Å²) >= 11 is 0. The van der Waals surface area contributed by atoms with Gasteiger partial charge in [0, 0.05) is 6.42 Å². The fourth-order valence-electron chi connectivity index (χ4n) is 8.75. The second kappa shape index (κ2) is 7.27. The molecule has 28 heavy (non-hydrogen) atoms. The van der Waals surface area contributed by atoms with Crippen LogP contribution in [0.4, 0.5) is 0 Å². The molecule has 0 saturated heterocycles. The number of aliphatic hydroxyl groups is 2. The number of hydrogen-bond donors (Lipinski definition) is 3. The van der Waals surface area contributed by atoms with E-state index in [0.717, 1.165) is 32.1 Å². The van der Waals surface area contributed by atoms with Gasteiger partial charge >= 0.3 is 0 Å². The van der Waals surface area contributed by atoms with E-state index in [2.05, 4.69) is 20.8 Å². The lowest BCUT2D eigenvalue weighted by molar-refractivity contribution is -0.174. The van der Waals surface area contributed by atoms with E-state index in [1.165, 1.54) is 25.7 Å². The lowest BCUT2D eigenvalue weighted by atomic mass is 9.43. The number of fused-ring (bicyclic) bond motifs is 5. The van der Waals surface area contributed by atoms with Crippen molar-refractivity contribution in [2.24, 2.45) is 52.1 Å². The Morgan fingerprint density at radius 3 is 2.43 bits per heavy atom. The summed E-state index contributed by atoms with van der Waals surface area (Å²) in [7, 11) is 0. The summed E-state index contributed by atoms with van der Waals surface area (Å²) < 4.78 is 0. The summed E-state index contributed by atoms with van der Waals surface area (Å²) in [4.78, 5) is 11.3. The molecule has 0 aromatic carbocycles. The van der Waals surface area contributed by atoms with Gasteiger partial charge in [-0.05, 0) is 104 Å². The van der Waals surface area contributed by atoms with E-state index in [0.29, 0.717) is 47.3 Å². The first-order valence-corrected chi connectivity index (χ1v) is 11.8. The third-order valence-corrected chi connectivity index (χ3v) is 10.3. The Morgan fingerprint density at radius 1 is 1.04 bits per heavy atom. The van der Waals surface area contributed by atoms with Gasteiger partial charge in [0.15, 0.2) is 0 Å². The van der Waals surface area contributed by atoms with E-state index < -0.39 is 0 Å². The van der Waals surface area contributed by atoms with Crippen LogP contribution in [0.2, 0.25) is 0 Å². The topological polar surface area (TPSA) is 83.6 Å². The zero-order valence-electron chi connectivity index (χ0n) is 18.1. The maximum Gasteiger partial charge on any atom is 0.217 e. The van der Waals surface area contributed by atoms with Crippen molar-refractivity contribution in [3.63, 3.8) is 0 Å². The number of primary amides is 1. The molecule has 10 atom stereocenters. The Labute approximate surface area is 170 Å². The van der Waals surface area contributed by atoms with E-state index in [1.54, 1.807) is 0 Å². The maximum absolute atomic E-state index is 11.3. The van der Waals surface area contributed by atoms with Crippen LogP contribution in [0.25, 0.3) is 0 Å². The molecular formula is C24H41NO3. The highest BCUT2D eigenvalue weighted by molar-refractivity contribution is 5.73. The van der Waals surface area contributed by atoms with Crippen molar-refractivity contribution in [3.05, 3.63) is 0 Å². The molecule has 4 nitrogen and oxygen atoms in total. The molecule has 4 N–H and O–H groups in total. The van der Waals surface area contributed by atoms with Crippen LogP contribution in [-0.2, 0) is 4.79 Å². The molecule has 1 amide bonds. The number of rotatable bonds is 4. The zero-order valence-corrected chi connectivity index (χ0v) is 18.1. The Hall–Kier alpha value is -0.610. The van der Waals surface area contributed by atoms with Crippen LogP contribution < -0.4 is 5.73 Å². The van der Waals surface area contributed by atoms with E-state index in [9.17, 15) is 15.0 Å². The molecular weight excluding hydrogens is 350 g/mol. The van der Waals surface area contributed by atoms with Crippen LogP contribution in [0.3, 0.4) is 0 Å². The van der Waals surface area contributed by atoms with Crippen molar-refractivity contribution < 1.29 is 15.0 Å². The standard InChI is InChI=1S/C24H41NO3/c1-14(4-7-21(25)28)17-5-6-18-22-19(9-11-24(17,18)3)23(2)10-8-16(26)12-15(23)13-20(22)27/h14-20,22,26-27H,4-13H2,1-3H3,(H2,25,28)/t14-,15-,16+,17+,18-,19-,20-,22-,23-,24+/m0/s1. The SMILES string of the molecule is C[C@@H](CCC(N)=O)[C@H]1CC[C@H]2[C@@H]3[C@@H](O)C[C@@H]4C[C@H](O)CC[C@]4(C)[C@H]3CC[C@]12C.